The zero-order valence-corrected chi connectivity index (χ0v) is 12.6. The molecule has 2 rings (SSSR count). The summed E-state index contributed by atoms with van der Waals surface area (Å²) in [6.07, 6.45) is 1.51. The summed E-state index contributed by atoms with van der Waals surface area (Å²) in [5.74, 6) is 0.108. The lowest BCUT2D eigenvalue weighted by Gasteiger charge is -2.11. The van der Waals surface area contributed by atoms with E-state index in [1.165, 1.54) is 19.4 Å². The zero-order valence-electron chi connectivity index (χ0n) is 11.1. The van der Waals surface area contributed by atoms with Crippen molar-refractivity contribution >= 4 is 33.3 Å². The summed E-state index contributed by atoms with van der Waals surface area (Å²) in [7, 11) is 1.46. The number of nitrogen functional groups attached to an aromatic ring is 1. The van der Waals surface area contributed by atoms with Crippen LogP contribution in [0.4, 0.5) is 11.5 Å². The van der Waals surface area contributed by atoms with Crippen LogP contribution in [-0.4, -0.2) is 18.0 Å². The van der Waals surface area contributed by atoms with Gasteiger partial charge in [-0.25, -0.2) is 4.98 Å². The van der Waals surface area contributed by atoms with E-state index in [4.69, 9.17) is 15.7 Å². The molecule has 106 valence electrons. The zero-order chi connectivity index (χ0) is 15.4. The molecule has 1 heterocycles. The van der Waals surface area contributed by atoms with Crippen molar-refractivity contribution in [2.75, 3.05) is 18.2 Å². The van der Waals surface area contributed by atoms with E-state index in [0.717, 1.165) is 0 Å². The number of methoxy groups -OCH3 is 1. The largest absolute Gasteiger partial charge is 0.495 e. The molecule has 6 nitrogen and oxygen atoms in total. The van der Waals surface area contributed by atoms with Gasteiger partial charge in [-0.2, -0.15) is 5.26 Å². The highest BCUT2D eigenvalue weighted by molar-refractivity contribution is 9.10. The predicted octanol–water partition coefficient (Wildman–Crippen LogP) is 2.56. The van der Waals surface area contributed by atoms with Gasteiger partial charge in [0.05, 0.1) is 30.0 Å². The Bertz CT molecular complexity index is 740. The number of hydrogen-bond donors (Lipinski definition) is 2. The molecule has 1 amide bonds. The minimum Gasteiger partial charge on any atom is -0.495 e. The first-order valence-corrected chi connectivity index (χ1v) is 6.65. The van der Waals surface area contributed by atoms with Crippen molar-refractivity contribution in [2.24, 2.45) is 0 Å². The molecule has 0 radical (unpaired) electrons. The molecule has 2 aromatic rings. The number of nitrogens with one attached hydrogen (secondary N) is 1. The number of nitrogens with two attached hydrogens (primary N) is 1. The molecule has 3 N–H and O–H groups in total. The van der Waals surface area contributed by atoms with Gasteiger partial charge >= 0.3 is 0 Å². The summed E-state index contributed by atoms with van der Waals surface area (Å²) in [5, 5.41) is 11.5. The van der Waals surface area contributed by atoms with Gasteiger partial charge in [0.1, 0.15) is 11.6 Å². The maximum atomic E-state index is 12.2. The Morgan fingerprint density at radius 3 is 2.90 bits per heavy atom. The second-order valence-corrected chi connectivity index (χ2v) is 4.98. The molecular weight excluding hydrogens is 336 g/mol. The number of carbonyl (C=O) groups is 1. The SMILES string of the molecule is COc1cc(C#N)ccc1NC(=O)c1cc(Br)cnc1N. The third-order valence-electron chi connectivity index (χ3n) is 2.71. The molecule has 0 aliphatic heterocycles. The molecule has 7 heteroatoms. The molecule has 0 atom stereocenters. The number of amides is 1. The third kappa shape index (κ3) is 3.30. The number of ether oxygens (including phenoxy) is 1. The second kappa shape index (κ2) is 6.24. The van der Waals surface area contributed by atoms with Crippen LogP contribution < -0.4 is 15.8 Å². The lowest BCUT2D eigenvalue weighted by Crippen LogP contribution is -2.15. The van der Waals surface area contributed by atoms with E-state index in [1.54, 1.807) is 18.2 Å². The van der Waals surface area contributed by atoms with E-state index in [2.05, 4.69) is 26.2 Å². The molecule has 0 bridgehead atoms. The summed E-state index contributed by atoms with van der Waals surface area (Å²) in [5.41, 5.74) is 6.82. The predicted molar refractivity (Wildman–Crippen MR) is 82.0 cm³/mol. The monoisotopic (exact) mass is 346 g/mol. The first-order valence-electron chi connectivity index (χ1n) is 5.85. The van der Waals surface area contributed by atoms with E-state index in [1.807, 2.05) is 6.07 Å². The molecular formula is C14H11BrN4O2. The van der Waals surface area contributed by atoms with Gasteiger partial charge in [0, 0.05) is 16.7 Å². The highest BCUT2D eigenvalue weighted by Gasteiger charge is 2.14. The fraction of sp³-hybridized carbons (Fsp3) is 0.0714. The average Bonchev–Trinajstić information content (AvgIpc) is 2.49. The Morgan fingerprint density at radius 1 is 1.48 bits per heavy atom. The molecule has 21 heavy (non-hydrogen) atoms. The van der Waals surface area contributed by atoms with E-state index in [9.17, 15) is 4.79 Å². The molecule has 0 unspecified atom stereocenters. The van der Waals surface area contributed by atoms with Crippen molar-refractivity contribution < 1.29 is 9.53 Å². The van der Waals surface area contributed by atoms with Crippen LogP contribution in [0.3, 0.4) is 0 Å². The summed E-state index contributed by atoms with van der Waals surface area (Å²) < 4.78 is 5.80. The highest BCUT2D eigenvalue weighted by Crippen LogP contribution is 2.26. The van der Waals surface area contributed by atoms with Crippen LogP contribution in [0, 0.1) is 11.3 Å². The molecule has 1 aromatic heterocycles. The third-order valence-corrected chi connectivity index (χ3v) is 3.14. The average molecular weight is 347 g/mol. The molecule has 0 saturated heterocycles. The molecule has 0 spiro atoms. The van der Waals surface area contributed by atoms with Gasteiger partial charge in [0.15, 0.2) is 0 Å². The number of nitrogens with zero attached hydrogens (tertiary/aromatic N) is 2. The van der Waals surface area contributed by atoms with Gasteiger partial charge in [0.2, 0.25) is 0 Å². The number of hydrogen-bond acceptors (Lipinski definition) is 5. The van der Waals surface area contributed by atoms with E-state index in [-0.39, 0.29) is 11.4 Å². The lowest BCUT2D eigenvalue weighted by atomic mass is 10.2. The van der Waals surface area contributed by atoms with Crippen LogP contribution in [0.2, 0.25) is 0 Å². The molecule has 1 aromatic carbocycles. The summed E-state index contributed by atoms with van der Waals surface area (Å²) in [4.78, 5) is 16.1. The Hall–Kier alpha value is -2.59. The van der Waals surface area contributed by atoms with Crippen molar-refractivity contribution in [2.45, 2.75) is 0 Å². The first-order chi connectivity index (χ1) is 10.0. The standard InChI is InChI=1S/C14H11BrN4O2/c1-21-12-4-8(6-16)2-3-11(12)19-14(20)10-5-9(15)7-18-13(10)17/h2-5,7H,1H3,(H2,17,18)(H,19,20). The Labute approximate surface area is 129 Å². The lowest BCUT2D eigenvalue weighted by molar-refractivity contribution is 0.102. The van der Waals surface area contributed by atoms with Crippen LogP contribution >= 0.6 is 15.9 Å². The van der Waals surface area contributed by atoms with Crippen LogP contribution in [-0.2, 0) is 0 Å². The fourth-order valence-electron chi connectivity index (χ4n) is 1.69. The minimum absolute atomic E-state index is 0.128. The normalized spacial score (nSPS) is 9.76. The number of pyridine rings is 1. The first kappa shape index (κ1) is 14.8. The van der Waals surface area contributed by atoms with Crippen LogP contribution in [0.5, 0.6) is 5.75 Å². The molecule has 0 fully saturated rings. The Morgan fingerprint density at radius 2 is 2.24 bits per heavy atom. The number of benzene rings is 1. The quantitative estimate of drug-likeness (QED) is 0.889. The molecule has 0 aliphatic carbocycles. The minimum atomic E-state index is -0.413. The van der Waals surface area contributed by atoms with Gasteiger partial charge < -0.3 is 15.8 Å². The topological polar surface area (TPSA) is 101 Å². The number of halogens is 1. The van der Waals surface area contributed by atoms with Crippen LogP contribution in [0.1, 0.15) is 15.9 Å². The van der Waals surface area contributed by atoms with Gasteiger partial charge in [-0.05, 0) is 34.1 Å². The van der Waals surface area contributed by atoms with E-state index >= 15 is 0 Å². The maximum absolute atomic E-state index is 12.2. The molecule has 0 saturated carbocycles. The summed E-state index contributed by atoms with van der Waals surface area (Å²) in [6.45, 7) is 0. The van der Waals surface area contributed by atoms with Crippen molar-refractivity contribution in [3.63, 3.8) is 0 Å². The number of anilines is 2. The van der Waals surface area contributed by atoms with Crippen LogP contribution in [0.25, 0.3) is 0 Å². The smallest absolute Gasteiger partial charge is 0.259 e. The van der Waals surface area contributed by atoms with Gasteiger partial charge in [-0.3, -0.25) is 4.79 Å². The van der Waals surface area contributed by atoms with Gasteiger partial charge in [0.25, 0.3) is 5.91 Å². The van der Waals surface area contributed by atoms with Gasteiger partial charge in [-0.1, -0.05) is 0 Å². The molecule has 0 aliphatic rings. The van der Waals surface area contributed by atoms with Gasteiger partial charge in [-0.15, -0.1) is 0 Å². The van der Waals surface area contributed by atoms with Crippen molar-refractivity contribution in [3.05, 3.63) is 46.1 Å². The number of carbonyl (C=O) groups excluding carboxylic acids is 1. The maximum Gasteiger partial charge on any atom is 0.259 e. The number of nitriles is 1. The van der Waals surface area contributed by atoms with Crippen molar-refractivity contribution in [3.8, 4) is 11.8 Å². The summed E-state index contributed by atoms with van der Waals surface area (Å²) >= 11 is 3.24. The number of rotatable bonds is 3. The summed E-state index contributed by atoms with van der Waals surface area (Å²) in [6, 6.07) is 8.30. The number of aromatic nitrogens is 1. The van der Waals surface area contributed by atoms with E-state index in [0.29, 0.717) is 21.5 Å². The van der Waals surface area contributed by atoms with Crippen molar-refractivity contribution in [1.82, 2.24) is 4.98 Å². The highest BCUT2D eigenvalue weighted by atomic mass is 79.9. The Kier molecular flexibility index (Phi) is 4.40. The second-order valence-electron chi connectivity index (χ2n) is 4.07. The van der Waals surface area contributed by atoms with Crippen molar-refractivity contribution in [1.29, 1.82) is 5.26 Å². The fourth-order valence-corrected chi connectivity index (χ4v) is 2.02. The van der Waals surface area contributed by atoms with Crippen LogP contribution in [0.15, 0.2) is 34.9 Å². The Balaban J connectivity index is 2.32. The van der Waals surface area contributed by atoms with E-state index < -0.39 is 5.91 Å².